The number of aliphatic hydroxyl groups excluding tert-OH is 1. The lowest BCUT2D eigenvalue weighted by Gasteiger charge is -2.62. The Morgan fingerprint density at radius 2 is 1.76 bits per heavy atom. The summed E-state index contributed by atoms with van der Waals surface area (Å²) in [6.45, 7) is 15.3. The van der Waals surface area contributed by atoms with E-state index in [0.717, 1.165) is 31.2 Å². The van der Waals surface area contributed by atoms with Crippen molar-refractivity contribution in [2.45, 2.75) is 130 Å². The first-order chi connectivity index (χ1) is 17.2. The summed E-state index contributed by atoms with van der Waals surface area (Å²) in [6, 6.07) is -0.207. The van der Waals surface area contributed by atoms with Crippen molar-refractivity contribution in [1.82, 2.24) is 5.32 Å². The number of ketones is 1. The molecule has 4 aliphatic carbocycles. The van der Waals surface area contributed by atoms with Crippen LogP contribution < -0.4 is 11.1 Å². The van der Waals surface area contributed by atoms with Gasteiger partial charge in [0, 0.05) is 12.0 Å². The molecule has 212 valence electrons. The molecule has 0 bridgehead atoms. The highest BCUT2D eigenvalue weighted by Gasteiger charge is 2.61. The summed E-state index contributed by atoms with van der Waals surface area (Å²) >= 11 is 0. The minimum absolute atomic E-state index is 0.169. The third kappa shape index (κ3) is 5.54. The Hall–Kier alpha value is -0.980. The van der Waals surface area contributed by atoms with Gasteiger partial charge in [0.05, 0.1) is 6.10 Å². The van der Waals surface area contributed by atoms with Gasteiger partial charge in [0.15, 0.2) is 0 Å². The van der Waals surface area contributed by atoms with E-state index in [-0.39, 0.29) is 23.1 Å². The van der Waals surface area contributed by atoms with Gasteiger partial charge in [-0.05, 0) is 139 Å². The molecule has 6 nitrogen and oxygen atoms in total. The van der Waals surface area contributed by atoms with Gasteiger partial charge in [0.1, 0.15) is 17.4 Å². The second-order valence-electron chi connectivity index (χ2n) is 14.8. The molecule has 0 aromatic carbocycles. The normalized spacial score (nSPS) is 43.2. The summed E-state index contributed by atoms with van der Waals surface area (Å²) in [6.07, 6.45) is 9.35. The number of hydrogen-bond donors (Lipinski definition) is 3. The van der Waals surface area contributed by atoms with Crippen LogP contribution in [0.15, 0.2) is 0 Å². The molecular weight excluding hydrogens is 464 g/mol. The molecule has 4 saturated carbocycles. The SMILES string of the molecule is CC(=O)C1C[C@@]2(C)C(CC[C@H]3[C@@H]4CC[C@H](C(C)NCCC(N)C(=O)OC(C)(C)C)[C@@]4(C)CC[C@@H]32)CC1O. The minimum atomic E-state index is -0.593. The van der Waals surface area contributed by atoms with Crippen molar-refractivity contribution in [1.29, 1.82) is 0 Å². The molecule has 0 spiro atoms. The zero-order valence-electron chi connectivity index (χ0n) is 24.5. The van der Waals surface area contributed by atoms with Crippen LogP contribution in [0.4, 0.5) is 0 Å². The Kier molecular flexibility index (Phi) is 8.26. The summed E-state index contributed by atoms with van der Waals surface area (Å²) in [4.78, 5) is 24.6. The van der Waals surface area contributed by atoms with Crippen molar-refractivity contribution in [3.63, 3.8) is 0 Å². The molecule has 4 N–H and O–H groups in total. The van der Waals surface area contributed by atoms with Crippen LogP contribution in [0.25, 0.3) is 0 Å². The molecule has 0 heterocycles. The maximum atomic E-state index is 12.4. The van der Waals surface area contributed by atoms with Crippen molar-refractivity contribution in [3.05, 3.63) is 0 Å². The molecule has 0 aromatic heterocycles. The van der Waals surface area contributed by atoms with Crippen LogP contribution in [0.1, 0.15) is 106 Å². The Morgan fingerprint density at radius 3 is 2.41 bits per heavy atom. The van der Waals surface area contributed by atoms with E-state index < -0.39 is 17.7 Å². The number of nitrogens with two attached hydrogens (primary N) is 1. The van der Waals surface area contributed by atoms with E-state index in [4.69, 9.17) is 10.5 Å². The van der Waals surface area contributed by atoms with Crippen molar-refractivity contribution in [2.24, 2.45) is 52.1 Å². The Labute approximate surface area is 225 Å². The zero-order chi connectivity index (χ0) is 27.3. The summed E-state index contributed by atoms with van der Waals surface area (Å²) in [7, 11) is 0. The largest absolute Gasteiger partial charge is 0.459 e. The number of rotatable bonds is 7. The average molecular weight is 519 g/mol. The number of ether oxygens (including phenoxy) is 1. The van der Waals surface area contributed by atoms with Gasteiger partial charge in [-0.15, -0.1) is 0 Å². The van der Waals surface area contributed by atoms with E-state index >= 15 is 0 Å². The molecule has 4 rings (SSSR count). The van der Waals surface area contributed by atoms with E-state index in [2.05, 4.69) is 26.1 Å². The van der Waals surface area contributed by atoms with Crippen LogP contribution in [0.3, 0.4) is 0 Å². The summed E-state index contributed by atoms with van der Waals surface area (Å²) < 4.78 is 5.44. The van der Waals surface area contributed by atoms with Crippen LogP contribution in [0.5, 0.6) is 0 Å². The fourth-order valence-electron chi connectivity index (χ4n) is 9.69. The first-order valence-corrected chi connectivity index (χ1v) is 15.1. The predicted octanol–water partition coefficient (Wildman–Crippen LogP) is 4.86. The Morgan fingerprint density at radius 1 is 1.08 bits per heavy atom. The van der Waals surface area contributed by atoms with E-state index in [0.29, 0.717) is 35.6 Å². The molecule has 0 saturated heterocycles. The number of hydrogen-bond acceptors (Lipinski definition) is 6. The zero-order valence-corrected chi connectivity index (χ0v) is 24.5. The van der Waals surface area contributed by atoms with Crippen LogP contribution >= 0.6 is 0 Å². The highest BCUT2D eigenvalue weighted by Crippen LogP contribution is 2.68. The summed E-state index contributed by atoms with van der Waals surface area (Å²) in [5.74, 6) is 3.00. The molecule has 4 fully saturated rings. The maximum absolute atomic E-state index is 12.4. The van der Waals surface area contributed by atoms with E-state index in [1.807, 2.05) is 20.8 Å². The quantitative estimate of drug-likeness (QED) is 0.416. The van der Waals surface area contributed by atoms with Crippen LogP contribution in [-0.2, 0) is 14.3 Å². The fraction of sp³-hybridized carbons (Fsp3) is 0.935. The first-order valence-electron chi connectivity index (χ1n) is 15.1. The molecule has 11 atom stereocenters. The lowest BCUT2D eigenvalue weighted by molar-refractivity contribution is -0.156. The molecular formula is C31H54N2O4. The van der Waals surface area contributed by atoms with Gasteiger partial charge in [0.25, 0.3) is 0 Å². The third-order valence-electron chi connectivity index (χ3n) is 11.5. The van der Waals surface area contributed by atoms with Crippen LogP contribution in [-0.4, -0.2) is 47.2 Å². The monoisotopic (exact) mass is 518 g/mol. The molecule has 4 aliphatic rings. The van der Waals surface area contributed by atoms with Gasteiger partial charge in [-0.2, -0.15) is 0 Å². The van der Waals surface area contributed by atoms with Crippen molar-refractivity contribution < 1.29 is 19.4 Å². The number of esters is 1. The topological polar surface area (TPSA) is 102 Å². The summed E-state index contributed by atoms with van der Waals surface area (Å²) in [5.41, 5.74) is 6.12. The number of carbonyl (C=O) groups is 2. The molecule has 0 aliphatic heterocycles. The lowest BCUT2D eigenvalue weighted by atomic mass is 9.43. The van der Waals surface area contributed by atoms with Gasteiger partial charge in [-0.25, -0.2) is 0 Å². The highest BCUT2D eigenvalue weighted by atomic mass is 16.6. The number of aliphatic hydroxyl groups is 1. The molecule has 0 amide bonds. The standard InChI is InChI=1S/C31H54N2O4/c1-18(33-15-13-26(32)28(36)37-29(3,4)5)23-10-11-24-21-9-8-20-16-27(35)22(19(2)34)17-31(20,7)25(21)12-14-30(23,24)6/h18,20-27,33,35H,8-17,32H2,1-7H3/t18?,20?,21-,22?,23+,24-,25-,26?,27?,30+,31-/m0/s1. The number of nitrogens with one attached hydrogen (secondary N) is 1. The van der Waals surface area contributed by atoms with Gasteiger partial charge in [-0.3, -0.25) is 9.59 Å². The lowest BCUT2D eigenvalue weighted by Crippen LogP contribution is -2.57. The predicted molar refractivity (Wildman–Crippen MR) is 147 cm³/mol. The number of fused-ring (bicyclic) bond motifs is 5. The van der Waals surface area contributed by atoms with Crippen LogP contribution in [0.2, 0.25) is 0 Å². The molecule has 5 unspecified atom stereocenters. The second-order valence-corrected chi connectivity index (χ2v) is 14.8. The maximum Gasteiger partial charge on any atom is 0.323 e. The summed E-state index contributed by atoms with van der Waals surface area (Å²) in [5, 5.41) is 14.4. The number of carbonyl (C=O) groups excluding carboxylic acids is 2. The third-order valence-corrected chi connectivity index (χ3v) is 11.5. The van der Waals surface area contributed by atoms with Gasteiger partial charge in [0.2, 0.25) is 0 Å². The average Bonchev–Trinajstić information content (AvgIpc) is 3.15. The van der Waals surface area contributed by atoms with Gasteiger partial charge >= 0.3 is 5.97 Å². The van der Waals surface area contributed by atoms with Gasteiger partial charge in [-0.1, -0.05) is 13.8 Å². The van der Waals surface area contributed by atoms with Crippen molar-refractivity contribution in [2.75, 3.05) is 6.54 Å². The number of Topliss-reactive ketones (excluding diaryl/α,β-unsaturated/α-hetero) is 1. The molecule has 0 radical (unpaired) electrons. The van der Waals surface area contributed by atoms with E-state index in [9.17, 15) is 14.7 Å². The smallest absolute Gasteiger partial charge is 0.323 e. The minimum Gasteiger partial charge on any atom is -0.459 e. The Balaban J connectivity index is 1.38. The molecule has 0 aromatic rings. The first kappa shape index (κ1) is 29.0. The Bertz CT molecular complexity index is 855. The van der Waals surface area contributed by atoms with E-state index in [1.54, 1.807) is 6.92 Å². The highest BCUT2D eigenvalue weighted by molar-refractivity contribution is 5.79. The van der Waals surface area contributed by atoms with Crippen LogP contribution in [0, 0.1) is 46.3 Å². The van der Waals surface area contributed by atoms with Gasteiger partial charge < -0.3 is 20.9 Å². The van der Waals surface area contributed by atoms with Crippen molar-refractivity contribution in [3.8, 4) is 0 Å². The fourth-order valence-corrected chi connectivity index (χ4v) is 9.69. The molecule has 37 heavy (non-hydrogen) atoms. The second kappa shape index (κ2) is 10.5. The van der Waals surface area contributed by atoms with Crippen molar-refractivity contribution >= 4 is 11.8 Å². The van der Waals surface area contributed by atoms with E-state index in [1.165, 1.54) is 38.5 Å². The molecule has 6 heteroatoms.